The van der Waals surface area contributed by atoms with Gasteiger partial charge in [0.1, 0.15) is 11.0 Å². The summed E-state index contributed by atoms with van der Waals surface area (Å²) < 4.78 is 0. The highest BCUT2D eigenvalue weighted by Crippen LogP contribution is 2.32. The second kappa shape index (κ2) is 6.63. The summed E-state index contributed by atoms with van der Waals surface area (Å²) in [5, 5.41) is 7.19. The predicted molar refractivity (Wildman–Crippen MR) is 82.7 cm³/mol. The molecule has 1 aromatic rings. The van der Waals surface area contributed by atoms with Crippen molar-refractivity contribution in [1.82, 2.24) is 15.3 Å². The van der Waals surface area contributed by atoms with Crippen LogP contribution in [0, 0.1) is 0 Å². The van der Waals surface area contributed by atoms with Crippen molar-refractivity contribution in [1.29, 1.82) is 0 Å². The van der Waals surface area contributed by atoms with Gasteiger partial charge in [-0.15, -0.1) is 11.8 Å². The zero-order valence-electron chi connectivity index (χ0n) is 11.5. The second-order valence-corrected chi connectivity index (χ2v) is 5.91. The zero-order valence-corrected chi connectivity index (χ0v) is 13.1. The van der Waals surface area contributed by atoms with Crippen molar-refractivity contribution in [3.63, 3.8) is 0 Å². The van der Waals surface area contributed by atoms with Gasteiger partial charge in [-0.05, 0) is 20.1 Å². The highest BCUT2D eigenvalue weighted by atomic mass is 35.5. The maximum Gasteiger partial charge on any atom is 0.228 e. The molecule has 2 heterocycles. The van der Waals surface area contributed by atoms with Crippen LogP contribution in [0.15, 0.2) is 4.90 Å². The molecule has 0 unspecified atom stereocenters. The molecule has 5 nitrogen and oxygen atoms in total. The van der Waals surface area contributed by atoms with Crippen LogP contribution in [0.25, 0.3) is 0 Å². The van der Waals surface area contributed by atoms with Gasteiger partial charge in [-0.3, -0.25) is 0 Å². The maximum absolute atomic E-state index is 6.28. The molecule has 19 heavy (non-hydrogen) atoms. The number of nitrogens with zero attached hydrogens (tertiary/aromatic N) is 3. The average molecular weight is 302 g/mol. The smallest absolute Gasteiger partial charge is 0.228 e. The van der Waals surface area contributed by atoms with Gasteiger partial charge in [-0.25, -0.2) is 0 Å². The van der Waals surface area contributed by atoms with Gasteiger partial charge in [0, 0.05) is 32.2 Å². The van der Waals surface area contributed by atoms with Crippen molar-refractivity contribution in [2.45, 2.75) is 24.8 Å². The van der Waals surface area contributed by atoms with E-state index >= 15 is 0 Å². The van der Waals surface area contributed by atoms with Crippen LogP contribution in [0.5, 0.6) is 0 Å². The summed E-state index contributed by atoms with van der Waals surface area (Å²) in [6.07, 6.45) is 1.99. The summed E-state index contributed by atoms with van der Waals surface area (Å²) >= 11 is 7.85. The molecule has 0 radical (unpaired) electrons. The van der Waals surface area contributed by atoms with Gasteiger partial charge >= 0.3 is 0 Å². The molecule has 0 aliphatic carbocycles. The van der Waals surface area contributed by atoms with Crippen LogP contribution in [-0.2, 0) is 0 Å². The molecule has 0 atom stereocenters. The molecule has 0 amide bonds. The number of nitrogens with one attached hydrogen (secondary N) is 2. The lowest BCUT2D eigenvalue weighted by Gasteiger charge is -2.28. The number of halogens is 1. The van der Waals surface area contributed by atoms with Gasteiger partial charge in [0.25, 0.3) is 0 Å². The van der Waals surface area contributed by atoms with Crippen molar-refractivity contribution in [2.75, 3.05) is 42.7 Å². The Bertz CT molecular complexity index is 434. The first-order chi connectivity index (χ1) is 9.11. The van der Waals surface area contributed by atoms with Gasteiger partial charge in [0.15, 0.2) is 0 Å². The third-order valence-electron chi connectivity index (χ3n) is 2.84. The lowest BCUT2D eigenvalue weighted by Crippen LogP contribution is -2.44. The third kappa shape index (κ3) is 3.64. The van der Waals surface area contributed by atoms with Crippen molar-refractivity contribution in [3.05, 3.63) is 5.15 Å². The molecule has 2 N–H and O–H groups in total. The minimum absolute atomic E-state index is 0.313. The Hall–Kier alpha value is -0.720. The Morgan fingerprint density at radius 1 is 1.32 bits per heavy atom. The fourth-order valence-electron chi connectivity index (χ4n) is 1.97. The van der Waals surface area contributed by atoms with Gasteiger partial charge in [0.2, 0.25) is 5.95 Å². The standard InChI is InChI=1S/C12H20ClN5S/c1-8(2)15-11-9(19-3)10(13)16-12(17-11)18-6-4-14-5-7-18/h8,14H,4-7H2,1-3H3,(H,15,16,17). The first-order valence-corrected chi connectivity index (χ1v) is 8.06. The Kier molecular flexibility index (Phi) is 5.13. The molecule has 0 bridgehead atoms. The highest BCUT2D eigenvalue weighted by molar-refractivity contribution is 7.98. The number of anilines is 2. The van der Waals surface area contributed by atoms with Crippen LogP contribution in [-0.4, -0.2) is 48.4 Å². The molecule has 0 saturated carbocycles. The van der Waals surface area contributed by atoms with Crippen LogP contribution in [0.4, 0.5) is 11.8 Å². The van der Waals surface area contributed by atoms with E-state index < -0.39 is 0 Å². The van der Waals surface area contributed by atoms with E-state index in [-0.39, 0.29) is 0 Å². The fraction of sp³-hybridized carbons (Fsp3) is 0.667. The number of hydrogen-bond acceptors (Lipinski definition) is 6. The van der Waals surface area contributed by atoms with Crippen LogP contribution in [0.3, 0.4) is 0 Å². The second-order valence-electron chi connectivity index (χ2n) is 4.73. The normalized spacial score (nSPS) is 15.9. The van der Waals surface area contributed by atoms with Gasteiger partial charge < -0.3 is 15.5 Å². The summed E-state index contributed by atoms with van der Waals surface area (Å²) in [4.78, 5) is 12.1. The average Bonchev–Trinajstić information content (AvgIpc) is 2.38. The molecule has 1 saturated heterocycles. The van der Waals surface area contributed by atoms with E-state index in [0.717, 1.165) is 36.9 Å². The molecule has 1 aromatic heterocycles. The minimum Gasteiger partial charge on any atom is -0.367 e. The van der Waals surface area contributed by atoms with E-state index in [4.69, 9.17) is 11.6 Å². The summed E-state index contributed by atoms with van der Waals surface area (Å²) in [7, 11) is 0. The summed E-state index contributed by atoms with van der Waals surface area (Å²) in [5.74, 6) is 1.54. The molecular formula is C12H20ClN5S. The van der Waals surface area contributed by atoms with Gasteiger partial charge in [0.05, 0.1) is 4.90 Å². The molecule has 1 aliphatic heterocycles. The van der Waals surface area contributed by atoms with E-state index in [2.05, 4.69) is 39.3 Å². The first kappa shape index (κ1) is 14.7. The number of thioether (sulfide) groups is 1. The van der Waals surface area contributed by atoms with Crippen molar-refractivity contribution in [3.8, 4) is 0 Å². The minimum atomic E-state index is 0.313. The Labute approximate surface area is 123 Å². The van der Waals surface area contributed by atoms with Crippen LogP contribution < -0.4 is 15.5 Å². The third-order valence-corrected chi connectivity index (χ3v) is 4.02. The summed E-state index contributed by atoms with van der Waals surface area (Å²) in [5.41, 5.74) is 0. The van der Waals surface area contributed by atoms with Crippen molar-refractivity contribution in [2.24, 2.45) is 0 Å². The van der Waals surface area contributed by atoms with E-state index in [1.807, 2.05) is 6.26 Å². The topological polar surface area (TPSA) is 53.1 Å². The Balaban J connectivity index is 2.31. The lowest BCUT2D eigenvalue weighted by molar-refractivity contribution is 0.579. The first-order valence-electron chi connectivity index (χ1n) is 6.45. The van der Waals surface area contributed by atoms with Crippen LogP contribution >= 0.6 is 23.4 Å². The lowest BCUT2D eigenvalue weighted by atomic mass is 10.4. The molecule has 0 spiro atoms. The maximum atomic E-state index is 6.28. The van der Waals surface area contributed by atoms with E-state index in [0.29, 0.717) is 17.1 Å². The molecule has 7 heteroatoms. The molecular weight excluding hydrogens is 282 g/mol. The van der Waals surface area contributed by atoms with Gasteiger partial charge in [-0.2, -0.15) is 9.97 Å². The van der Waals surface area contributed by atoms with Crippen LogP contribution in [0.2, 0.25) is 5.15 Å². The largest absolute Gasteiger partial charge is 0.367 e. The highest BCUT2D eigenvalue weighted by Gasteiger charge is 2.18. The summed E-state index contributed by atoms with van der Waals surface area (Å²) in [6, 6.07) is 0.313. The predicted octanol–water partition coefficient (Wildman–Crippen LogP) is 2.08. The number of rotatable bonds is 4. The molecule has 1 fully saturated rings. The Morgan fingerprint density at radius 3 is 2.58 bits per heavy atom. The molecule has 0 aromatic carbocycles. The zero-order chi connectivity index (χ0) is 13.8. The van der Waals surface area contributed by atoms with Crippen LogP contribution in [0.1, 0.15) is 13.8 Å². The number of aromatic nitrogens is 2. The quantitative estimate of drug-likeness (QED) is 0.656. The summed E-state index contributed by atoms with van der Waals surface area (Å²) in [6.45, 7) is 7.91. The monoisotopic (exact) mass is 301 g/mol. The SMILES string of the molecule is CSc1c(Cl)nc(N2CCNCC2)nc1NC(C)C. The molecule has 2 rings (SSSR count). The van der Waals surface area contributed by atoms with Gasteiger partial charge in [-0.1, -0.05) is 11.6 Å². The van der Waals surface area contributed by atoms with Crippen molar-refractivity contribution >= 4 is 35.1 Å². The van der Waals surface area contributed by atoms with Crippen molar-refractivity contribution < 1.29 is 0 Å². The number of hydrogen-bond donors (Lipinski definition) is 2. The Morgan fingerprint density at radius 2 is 2.00 bits per heavy atom. The number of piperazine rings is 1. The fourth-order valence-corrected chi connectivity index (χ4v) is 2.88. The van der Waals surface area contributed by atoms with E-state index in [1.54, 1.807) is 11.8 Å². The molecule has 106 valence electrons. The van der Waals surface area contributed by atoms with E-state index in [1.165, 1.54) is 0 Å². The molecule has 1 aliphatic rings. The van der Waals surface area contributed by atoms with E-state index in [9.17, 15) is 0 Å².